The van der Waals surface area contributed by atoms with Gasteiger partial charge in [0.1, 0.15) is 12.6 Å². The third-order valence-electron chi connectivity index (χ3n) is 8.02. The number of carbonyl (C=O) groups is 3. The first-order chi connectivity index (χ1) is 29.1. The molecule has 0 bridgehead atoms. The fourth-order valence-corrected chi connectivity index (χ4v) is 5.52. The summed E-state index contributed by atoms with van der Waals surface area (Å²) in [5, 5.41) is 8.88. The number of nitrogens with two attached hydrogens (primary N) is 1. The highest BCUT2D eigenvalue weighted by Gasteiger charge is 2.28. The molecule has 334 valence electrons. The highest BCUT2D eigenvalue weighted by molar-refractivity contribution is 7.47. The fourth-order valence-electron chi connectivity index (χ4n) is 4.74. The van der Waals surface area contributed by atoms with Crippen LogP contribution in [-0.4, -0.2) is 59.9 Å². The van der Waals surface area contributed by atoms with Crippen molar-refractivity contribution in [2.75, 3.05) is 19.8 Å². The normalized spacial score (nSPS) is 15.0. The Balaban J connectivity index is 4.49. The number of phosphoric ester groups is 1. The molecule has 0 saturated heterocycles. The van der Waals surface area contributed by atoms with Crippen LogP contribution < -0.4 is 5.73 Å². The first-order valence-corrected chi connectivity index (χ1v) is 22.8. The average molecular weight is 854 g/mol. The van der Waals surface area contributed by atoms with Crippen LogP contribution >= 0.6 is 7.82 Å². The smallest absolute Gasteiger partial charge is 0.472 e. The molecule has 0 rings (SSSR count). The van der Waals surface area contributed by atoms with Crippen molar-refractivity contribution < 1.29 is 47.5 Å². The minimum absolute atomic E-state index is 0.0494. The summed E-state index contributed by atoms with van der Waals surface area (Å²) in [4.78, 5) is 45.9. The van der Waals surface area contributed by atoms with Crippen LogP contribution in [0.5, 0.6) is 0 Å². The lowest BCUT2D eigenvalue weighted by molar-refractivity contribution is -0.161. The maximum atomic E-state index is 12.6. The van der Waals surface area contributed by atoms with Crippen LogP contribution in [0.4, 0.5) is 0 Å². The molecule has 12 heteroatoms. The van der Waals surface area contributed by atoms with Gasteiger partial charge in [-0.1, -0.05) is 160 Å². The Bertz CT molecular complexity index is 1520. The van der Waals surface area contributed by atoms with Gasteiger partial charge in [0, 0.05) is 12.8 Å². The van der Waals surface area contributed by atoms with Crippen LogP contribution in [0.15, 0.2) is 134 Å². The highest BCUT2D eigenvalue weighted by atomic mass is 31.2. The summed E-state index contributed by atoms with van der Waals surface area (Å²) in [6.45, 7) is 2.40. The van der Waals surface area contributed by atoms with Gasteiger partial charge in [-0.2, -0.15) is 0 Å². The van der Waals surface area contributed by atoms with Crippen LogP contribution in [0.25, 0.3) is 0 Å². The van der Waals surface area contributed by atoms with Crippen molar-refractivity contribution in [1.29, 1.82) is 0 Å². The number of hydrogen-bond donors (Lipinski definition) is 3. The van der Waals surface area contributed by atoms with E-state index >= 15 is 0 Å². The van der Waals surface area contributed by atoms with E-state index in [0.29, 0.717) is 19.3 Å². The zero-order valence-corrected chi connectivity index (χ0v) is 36.9. The Morgan fingerprint density at radius 2 is 0.983 bits per heavy atom. The van der Waals surface area contributed by atoms with Crippen molar-refractivity contribution in [2.45, 2.75) is 129 Å². The van der Waals surface area contributed by atoms with Gasteiger partial charge in [0.15, 0.2) is 6.10 Å². The molecule has 3 atom stereocenters. The molecule has 0 aliphatic carbocycles. The summed E-state index contributed by atoms with van der Waals surface area (Å²) in [6, 6.07) is -1.54. The van der Waals surface area contributed by atoms with E-state index < -0.39 is 57.7 Å². The van der Waals surface area contributed by atoms with Crippen LogP contribution in [0, 0.1) is 0 Å². The van der Waals surface area contributed by atoms with Crippen LogP contribution in [-0.2, 0) is 37.5 Å². The van der Waals surface area contributed by atoms with Gasteiger partial charge >= 0.3 is 25.7 Å². The summed E-state index contributed by atoms with van der Waals surface area (Å²) in [5.41, 5.74) is 5.32. The summed E-state index contributed by atoms with van der Waals surface area (Å²) in [5.74, 6) is -2.53. The SMILES string of the molecule is CC/C=C/C=C/C=C/C=C/C=C/CCCC(=O)OC(COC(=O)CCCCCC/C=C/C/C=C/C/C=C/C/C=C/C/C=C/C/C=C/CC)COP(=O)(O)OC[C@H](N)C(=O)O. The molecule has 0 saturated carbocycles. The quantitative estimate of drug-likeness (QED) is 0.0178. The minimum atomic E-state index is -4.75. The van der Waals surface area contributed by atoms with E-state index in [4.69, 9.17) is 24.8 Å². The molecule has 0 aromatic heterocycles. The van der Waals surface area contributed by atoms with Gasteiger partial charge in [0.2, 0.25) is 0 Å². The lowest BCUT2D eigenvalue weighted by Gasteiger charge is -2.20. The Kier molecular flexibility index (Phi) is 38.3. The molecule has 0 spiro atoms. The molecule has 2 unspecified atom stereocenters. The van der Waals surface area contributed by atoms with Gasteiger partial charge < -0.3 is 25.2 Å². The van der Waals surface area contributed by atoms with Gasteiger partial charge in [0.25, 0.3) is 0 Å². The molecule has 0 aromatic carbocycles. The first-order valence-electron chi connectivity index (χ1n) is 21.3. The van der Waals surface area contributed by atoms with E-state index in [1.165, 1.54) is 0 Å². The minimum Gasteiger partial charge on any atom is -0.480 e. The standard InChI is InChI=1S/C48H72NO10P/c1-3-5-7-9-11-13-15-17-18-19-20-21-22-23-24-25-26-28-29-31-33-35-37-39-46(50)56-41-44(42-57-60(54,55)58-43-45(49)48(52)53)59-47(51)40-38-36-34-32-30-27-16-14-12-10-8-6-4-2/h5-8,10-14,16-18,20-21,23-24,26-28,30,32,34,44-45H,3-4,9,15,19,22,25,29,31,33,35-43,49H2,1-2H3,(H,52,53)(H,54,55)/b7-5+,8-6+,12-10+,13-11+,16-14+,18-17+,21-20+,24-23+,28-26+,30-27+,34-32+/t44?,45-/m0/s1. The predicted octanol–water partition coefficient (Wildman–Crippen LogP) is 11.4. The second-order valence-electron chi connectivity index (χ2n) is 13.5. The molecule has 0 amide bonds. The number of allylic oxidation sites excluding steroid dienone is 22. The lowest BCUT2D eigenvalue weighted by Crippen LogP contribution is -2.34. The van der Waals surface area contributed by atoms with Crippen molar-refractivity contribution in [2.24, 2.45) is 5.73 Å². The molecule has 60 heavy (non-hydrogen) atoms. The number of unbranched alkanes of at least 4 members (excludes halogenated alkanes) is 5. The second kappa shape index (κ2) is 41.4. The maximum absolute atomic E-state index is 12.6. The molecule has 0 aromatic rings. The van der Waals surface area contributed by atoms with E-state index in [9.17, 15) is 23.8 Å². The van der Waals surface area contributed by atoms with Crippen LogP contribution in [0.3, 0.4) is 0 Å². The third kappa shape index (κ3) is 40.4. The molecule has 4 N–H and O–H groups in total. The molecular weight excluding hydrogens is 781 g/mol. The van der Waals surface area contributed by atoms with Crippen molar-refractivity contribution in [3.8, 4) is 0 Å². The number of hydrogen-bond acceptors (Lipinski definition) is 9. The average Bonchev–Trinajstić information content (AvgIpc) is 3.22. The van der Waals surface area contributed by atoms with Crippen molar-refractivity contribution >= 4 is 25.7 Å². The Morgan fingerprint density at radius 1 is 0.533 bits per heavy atom. The van der Waals surface area contributed by atoms with Gasteiger partial charge in [-0.15, -0.1) is 0 Å². The number of carbonyl (C=O) groups excluding carboxylic acids is 2. The molecule has 11 nitrogen and oxygen atoms in total. The molecule has 0 aliphatic rings. The topological polar surface area (TPSA) is 172 Å². The van der Waals surface area contributed by atoms with E-state index in [-0.39, 0.29) is 12.8 Å². The maximum Gasteiger partial charge on any atom is 0.472 e. The first kappa shape index (κ1) is 55.6. The van der Waals surface area contributed by atoms with Gasteiger partial charge in [-0.25, -0.2) is 4.57 Å². The van der Waals surface area contributed by atoms with E-state index in [0.717, 1.165) is 70.6 Å². The molecule has 0 heterocycles. The van der Waals surface area contributed by atoms with Gasteiger partial charge in [-0.05, 0) is 77.0 Å². The molecular formula is C48H72NO10P. The Labute approximate surface area is 360 Å². The summed E-state index contributed by atoms with van der Waals surface area (Å²) in [6.07, 6.45) is 56.8. The Morgan fingerprint density at radius 3 is 1.53 bits per heavy atom. The largest absolute Gasteiger partial charge is 0.480 e. The van der Waals surface area contributed by atoms with Crippen LogP contribution in [0.2, 0.25) is 0 Å². The number of esters is 2. The van der Waals surface area contributed by atoms with E-state index in [1.807, 2.05) is 54.7 Å². The number of phosphoric acid groups is 1. The van der Waals surface area contributed by atoms with Crippen molar-refractivity contribution in [3.05, 3.63) is 134 Å². The summed E-state index contributed by atoms with van der Waals surface area (Å²) in [7, 11) is -4.75. The third-order valence-corrected chi connectivity index (χ3v) is 8.97. The fraction of sp³-hybridized carbons (Fsp3) is 0.479. The number of carboxylic acids is 1. The van der Waals surface area contributed by atoms with Gasteiger partial charge in [-0.3, -0.25) is 23.4 Å². The van der Waals surface area contributed by atoms with Crippen molar-refractivity contribution in [1.82, 2.24) is 0 Å². The zero-order chi connectivity index (χ0) is 44.2. The zero-order valence-electron chi connectivity index (χ0n) is 36.0. The monoisotopic (exact) mass is 853 g/mol. The van der Waals surface area contributed by atoms with E-state index in [1.54, 1.807) is 0 Å². The lowest BCUT2D eigenvalue weighted by atomic mass is 10.1. The predicted molar refractivity (Wildman–Crippen MR) is 244 cm³/mol. The molecule has 0 aliphatic heterocycles. The number of rotatable bonds is 37. The van der Waals surface area contributed by atoms with E-state index in [2.05, 4.69) is 97.4 Å². The number of ether oxygens (including phenoxy) is 2. The van der Waals surface area contributed by atoms with Gasteiger partial charge in [0.05, 0.1) is 13.2 Å². The van der Waals surface area contributed by atoms with Crippen molar-refractivity contribution in [3.63, 3.8) is 0 Å². The second-order valence-corrected chi connectivity index (χ2v) is 14.9. The Hall–Kier alpha value is -4.38. The number of carboxylic acid groups (broad SMARTS) is 1. The molecule has 0 fully saturated rings. The molecule has 0 radical (unpaired) electrons. The summed E-state index contributed by atoms with van der Waals surface area (Å²) >= 11 is 0. The van der Waals surface area contributed by atoms with Crippen LogP contribution in [0.1, 0.15) is 117 Å². The summed E-state index contributed by atoms with van der Waals surface area (Å²) < 4.78 is 32.5. The highest BCUT2D eigenvalue weighted by Crippen LogP contribution is 2.43. The number of aliphatic carboxylic acids is 1.